The lowest BCUT2D eigenvalue weighted by Crippen LogP contribution is -2.30. The first-order chi connectivity index (χ1) is 8.36. The first kappa shape index (κ1) is 14.0. The van der Waals surface area contributed by atoms with E-state index in [-0.39, 0.29) is 30.8 Å². The fourth-order valence-corrected chi connectivity index (χ4v) is 2.71. The van der Waals surface area contributed by atoms with Gasteiger partial charge in [-0.05, 0) is 0 Å². The Morgan fingerprint density at radius 2 is 1.00 bits per heavy atom. The van der Waals surface area contributed by atoms with Gasteiger partial charge in [-0.25, -0.2) is 4.90 Å². The van der Waals surface area contributed by atoms with Crippen LogP contribution in [-0.4, -0.2) is 11.8 Å². The van der Waals surface area contributed by atoms with Crippen LogP contribution in [0.2, 0.25) is 25.1 Å². The average molecular weight is 345 g/mol. The average Bonchev–Trinajstić information content (AvgIpc) is 2.66. The van der Waals surface area contributed by atoms with Crippen LogP contribution in [0, 0.1) is 0 Å². The molecule has 0 spiro atoms. The van der Waals surface area contributed by atoms with Gasteiger partial charge in [-0.15, -0.1) is 0 Å². The standard InChI is InChI=1S/C10H2Cl5NO2/c11-5-6(12)8(14)10(9(15)7(5)13)16-3(17)1-2-4(16)18/h1-2H. The van der Waals surface area contributed by atoms with Gasteiger partial charge in [0.2, 0.25) is 0 Å². The van der Waals surface area contributed by atoms with Crippen LogP contribution < -0.4 is 4.90 Å². The summed E-state index contributed by atoms with van der Waals surface area (Å²) in [5.74, 6) is -1.17. The summed E-state index contributed by atoms with van der Waals surface area (Å²) in [6.07, 6.45) is 2.18. The molecule has 1 aromatic carbocycles. The van der Waals surface area contributed by atoms with E-state index in [9.17, 15) is 9.59 Å². The molecule has 0 unspecified atom stereocenters. The van der Waals surface area contributed by atoms with Crippen molar-refractivity contribution in [3.63, 3.8) is 0 Å². The number of imide groups is 1. The summed E-state index contributed by atoms with van der Waals surface area (Å²) >= 11 is 29.4. The minimum Gasteiger partial charge on any atom is -0.269 e. The SMILES string of the molecule is O=C1C=CC(=O)N1c1c(Cl)c(Cl)c(Cl)c(Cl)c1Cl. The molecule has 0 saturated heterocycles. The van der Waals surface area contributed by atoms with E-state index in [1.807, 2.05) is 0 Å². The molecule has 3 nitrogen and oxygen atoms in total. The Morgan fingerprint density at radius 3 is 1.39 bits per heavy atom. The lowest BCUT2D eigenvalue weighted by molar-refractivity contribution is -0.119. The second kappa shape index (κ2) is 4.91. The molecule has 0 bridgehead atoms. The number of hydrogen-bond acceptors (Lipinski definition) is 2. The van der Waals surface area contributed by atoms with Crippen molar-refractivity contribution in [3.8, 4) is 0 Å². The second-order valence-corrected chi connectivity index (χ2v) is 5.15. The lowest BCUT2D eigenvalue weighted by Gasteiger charge is -2.19. The van der Waals surface area contributed by atoms with Gasteiger partial charge in [-0.1, -0.05) is 58.0 Å². The molecule has 18 heavy (non-hydrogen) atoms. The highest BCUT2D eigenvalue weighted by molar-refractivity contribution is 6.57. The molecule has 0 saturated carbocycles. The van der Waals surface area contributed by atoms with Gasteiger partial charge >= 0.3 is 0 Å². The normalized spacial score (nSPS) is 14.8. The van der Waals surface area contributed by atoms with Crippen LogP contribution in [0.15, 0.2) is 12.2 Å². The molecule has 0 radical (unpaired) electrons. The van der Waals surface area contributed by atoms with Gasteiger partial charge in [0.15, 0.2) is 0 Å². The van der Waals surface area contributed by atoms with E-state index in [0.717, 1.165) is 17.1 Å². The topological polar surface area (TPSA) is 37.4 Å². The van der Waals surface area contributed by atoms with Crippen molar-refractivity contribution in [2.24, 2.45) is 0 Å². The van der Waals surface area contributed by atoms with Crippen molar-refractivity contribution in [2.75, 3.05) is 4.90 Å². The van der Waals surface area contributed by atoms with Crippen molar-refractivity contribution in [1.29, 1.82) is 0 Å². The smallest absolute Gasteiger partial charge is 0.258 e. The Labute approximate surface area is 127 Å². The van der Waals surface area contributed by atoms with Crippen molar-refractivity contribution in [1.82, 2.24) is 0 Å². The quantitative estimate of drug-likeness (QED) is 0.430. The van der Waals surface area contributed by atoms with Crippen LogP contribution >= 0.6 is 58.0 Å². The predicted molar refractivity (Wildman–Crippen MR) is 73.1 cm³/mol. The fourth-order valence-electron chi connectivity index (χ4n) is 1.41. The molecule has 94 valence electrons. The van der Waals surface area contributed by atoms with E-state index in [0.29, 0.717) is 0 Å². The number of amides is 2. The minimum atomic E-state index is -0.585. The Balaban J connectivity index is 2.73. The summed E-state index contributed by atoms with van der Waals surface area (Å²) in [6, 6.07) is 0. The Morgan fingerprint density at radius 1 is 0.667 bits per heavy atom. The van der Waals surface area contributed by atoms with Gasteiger partial charge in [0.25, 0.3) is 11.8 Å². The maximum Gasteiger partial charge on any atom is 0.258 e. The molecular weight excluding hydrogens is 343 g/mol. The van der Waals surface area contributed by atoms with Crippen LogP contribution in [0.4, 0.5) is 5.69 Å². The number of rotatable bonds is 1. The van der Waals surface area contributed by atoms with E-state index < -0.39 is 11.8 Å². The second-order valence-electron chi connectivity index (χ2n) is 3.26. The third-order valence-electron chi connectivity index (χ3n) is 2.22. The van der Waals surface area contributed by atoms with Gasteiger partial charge < -0.3 is 0 Å². The van der Waals surface area contributed by atoms with Crippen LogP contribution in [0.3, 0.4) is 0 Å². The molecule has 2 rings (SSSR count). The number of carbonyl (C=O) groups is 2. The van der Waals surface area contributed by atoms with E-state index in [1.165, 1.54) is 0 Å². The summed E-state index contributed by atoms with van der Waals surface area (Å²) in [7, 11) is 0. The van der Waals surface area contributed by atoms with E-state index in [2.05, 4.69) is 0 Å². The van der Waals surface area contributed by atoms with Crippen LogP contribution in [0.5, 0.6) is 0 Å². The van der Waals surface area contributed by atoms with E-state index >= 15 is 0 Å². The molecule has 0 aromatic heterocycles. The summed E-state index contributed by atoms with van der Waals surface area (Å²) in [6.45, 7) is 0. The Kier molecular flexibility index (Phi) is 3.81. The van der Waals surface area contributed by atoms with Crippen LogP contribution in [-0.2, 0) is 9.59 Å². The molecule has 1 aliphatic rings. The zero-order chi connectivity index (χ0) is 13.6. The van der Waals surface area contributed by atoms with Crippen molar-refractivity contribution in [2.45, 2.75) is 0 Å². The first-order valence-corrected chi connectivity index (χ1v) is 6.32. The number of hydrogen-bond donors (Lipinski definition) is 0. The zero-order valence-corrected chi connectivity index (χ0v) is 12.1. The van der Waals surface area contributed by atoms with Gasteiger partial charge in [0.05, 0.1) is 30.8 Å². The predicted octanol–water partition coefficient (Wildman–Crippen LogP) is 4.38. The van der Waals surface area contributed by atoms with E-state index in [1.54, 1.807) is 0 Å². The molecular formula is C10H2Cl5NO2. The Hall–Kier alpha value is -0.450. The number of halogens is 5. The van der Waals surface area contributed by atoms with Crippen LogP contribution in [0.25, 0.3) is 0 Å². The zero-order valence-electron chi connectivity index (χ0n) is 8.31. The highest BCUT2D eigenvalue weighted by atomic mass is 35.5. The van der Waals surface area contributed by atoms with Crippen LogP contribution in [0.1, 0.15) is 0 Å². The molecule has 1 aliphatic heterocycles. The first-order valence-electron chi connectivity index (χ1n) is 4.43. The van der Waals surface area contributed by atoms with Gasteiger partial charge in [0, 0.05) is 12.2 Å². The number of anilines is 1. The maximum absolute atomic E-state index is 11.6. The monoisotopic (exact) mass is 343 g/mol. The molecule has 0 fully saturated rings. The minimum absolute atomic E-state index is 0.0378. The number of benzene rings is 1. The van der Waals surface area contributed by atoms with Gasteiger partial charge in [-0.3, -0.25) is 9.59 Å². The molecule has 1 aromatic rings. The highest BCUT2D eigenvalue weighted by Gasteiger charge is 2.32. The summed E-state index contributed by atoms with van der Waals surface area (Å²) < 4.78 is 0. The molecule has 0 N–H and O–H groups in total. The summed E-state index contributed by atoms with van der Waals surface area (Å²) in [5.41, 5.74) is -0.0715. The molecule has 0 aliphatic carbocycles. The van der Waals surface area contributed by atoms with Crippen molar-refractivity contribution < 1.29 is 9.59 Å². The Bertz CT molecular complexity index is 564. The lowest BCUT2D eigenvalue weighted by atomic mass is 10.2. The highest BCUT2D eigenvalue weighted by Crippen LogP contribution is 2.48. The molecule has 0 atom stereocenters. The third-order valence-corrected chi connectivity index (χ3v) is 4.48. The summed E-state index contributed by atoms with van der Waals surface area (Å²) in [5, 5.41) is -0.405. The molecule has 1 heterocycles. The third kappa shape index (κ3) is 2.00. The van der Waals surface area contributed by atoms with Gasteiger partial charge in [0.1, 0.15) is 0 Å². The van der Waals surface area contributed by atoms with Gasteiger partial charge in [-0.2, -0.15) is 0 Å². The number of nitrogens with zero attached hydrogens (tertiary/aromatic N) is 1. The maximum atomic E-state index is 11.6. The molecule has 8 heteroatoms. The number of carbonyl (C=O) groups excluding carboxylic acids is 2. The van der Waals surface area contributed by atoms with E-state index in [4.69, 9.17) is 58.0 Å². The fraction of sp³-hybridized carbons (Fsp3) is 0. The summed E-state index contributed by atoms with van der Waals surface area (Å²) in [4.78, 5) is 23.9. The largest absolute Gasteiger partial charge is 0.269 e. The molecule has 2 amide bonds. The van der Waals surface area contributed by atoms with Crippen molar-refractivity contribution >= 4 is 75.5 Å². The van der Waals surface area contributed by atoms with Crippen molar-refractivity contribution in [3.05, 3.63) is 37.3 Å².